The number of ether oxygens (including phenoxy) is 3. The lowest BCUT2D eigenvalue weighted by Gasteiger charge is -2.37. The Bertz CT molecular complexity index is 943. The van der Waals surface area contributed by atoms with Crippen LogP contribution < -0.4 is 9.64 Å². The summed E-state index contributed by atoms with van der Waals surface area (Å²) < 4.78 is 17.4. The fraction of sp³-hybridized carbons (Fsp3) is 0.500. The molecule has 0 bridgehead atoms. The molecule has 196 valence electrons. The smallest absolute Gasteiger partial charge is 0.290 e. The molecule has 2 aromatic rings. The van der Waals surface area contributed by atoms with E-state index < -0.39 is 0 Å². The van der Waals surface area contributed by atoms with E-state index in [2.05, 4.69) is 55.8 Å². The van der Waals surface area contributed by atoms with Crippen LogP contribution in [0, 0.1) is 17.2 Å². The van der Waals surface area contributed by atoms with E-state index in [-0.39, 0.29) is 18.3 Å². The molecule has 3 rings (SSSR count). The van der Waals surface area contributed by atoms with Gasteiger partial charge in [0.2, 0.25) is 0 Å². The van der Waals surface area contributed by atoms with Gasteiger partial charge in [-0.25, -0.2) is 0 Å². The zero-order chi connectivity index (χ0) is 26.6. The fourth-order valence-corrected chi connectivity index (χ4v) is 3.78. The second kappa shape index (κ2) is 14.4. The summed E-state index contributed by atoms with van der Waals surface area (Å²) in [7, 11) is 3.83. The van der Waals surface area contributed by atoms with Gasteiger partial charge in [-0.2, -0.15) is 5.26 Å². The fourth-order valence-electron chi connectivity index (χ4n) is 3.78. The van der Waals surface area contributed by atoms with E-state index in [1.807, 2.05) is 36.4 Å². The van der Waals surface area contributed by atoms with Crippen LogP contribution in [0.5, 0.6) is 5.75 Å². The monoisotopic (exact) mass is 497 g/mol. The number of methoxy groups -OCH3 is 1. The zero-order valence-corrected chi connectivity index (χ0v) is 22.0. The molecule has 0 atom stereocenters. The summed E-state index contributed by atoms with van der Waals surface area (Å²) in [5, 5.41) is 16.0. The maximum absolute atomic E-state index is 9.13. The molecule has 1 fully saturated rings. The summed E-state index contributed by atoms with van der Waals surface area (Å²) in [6, 6.07) is 18.0. The molecule has 1 N–H and O–H groups in total. The number of hydrogen-bond acceptors (Lipinski definition) is 7. The van der Waals surface area contributed by atoms with Crippen molar-refractivity contribution in [2.75, 3.05) is 45.4 Å². The van der Waals surface area contributed by atoms with Crippen LogP contribution in [-0.4, -0.2) is 68.8 Å². The second-order valence-electron chi connectivity index (χ2n) is 9.84. The van der Waals surface area contributed by atoms with Gasteiger partial charge < -0.3 is 29.1 Å². The maximum atomic E-state index is 9.13. The molecule has 1 aliphatic rings. The summed E-state index contributed by atoms with van der Waals surface area (Å²) in [6.07, 6.45) is 0.579. The first-order chi connectivity index (χ1) is 17.2. The summed E-state index contributed by atoms with van der Waals surface area (Å²) in [4.78, 5) is 13.0. The van der Waals surface area contributed by atoms with Crippen molar-refractivity contribution in [3.8, 4) is 11.8 Å². The number of carbonyl (C=O) groups is 1. The first-order valence-corrected chi connectivity index (χ1v) is 12.1. The minimum atomic E-state index is -0.250. The molecule has 0 unspecified atom stereocenters. The Morgan fingerprint density at radius 1 is 1.11 bits per heavy atom. The molecule has 2 aromatic carbocycles. The minimum Gasteiger partial charge on any atom is -0.497 e. The number of rotatable bonds is 9. The van der Waals surface area contributed by atoms with Crippen LogP contribution in [0.1, 0.15) is 38.3 Å². The van der Waals surface area contributed by atoms with Gasteiger partial charge in [0.25, 0.3) is 6.47 Å². The normalized spacial score (nSPS) is 17.5. The molecule has 1 aliphatic heterocycles. The van der Waals surface area contributed by atoms with Crippen LogP contribution in [0.4, 0.5) is 5.69 Å². The van der Waals surface area contributed by atoms with Gasteiger partial charge in [-0.05, 0) is 69.8 Å². The largest absolute Gasteiger partial charge is 0.497 e. The highest BCUT2D eigenvalue weighted by atomic mass is 16.7. The molecule has 0 saturated carbocycles. The van der Waals surface area contributed by atoms with Gasteiger partial charge in [-0.1, -0.05) is 12.1 Å². The third kappa shape index (κ3) is 9.50. The number of nitriles is 1. The van der Waals surface area contributed by atoms with E-state index >= 15 is 0 Å². The van der Waals surface area contributed by atoms with Crippen LogP contribution in [0.25, 0.3) is 0 Å². The molecule has 8 heteroatoms. The average Bonchev–Trinajstić information content (AvgIpc) is 2.88. The first kappa shape index (κ1) is 29.1. The van der Waals surface area contributed by atoms with Crippen LogP contribution in [0.15, 0.2) is 48.5 Å². The van der Waals surface area contributed by atoms with Gasteiger partial charge in [0.1, 0.15) is 5.75 Å². The minimum absolute atomic E-state index is 0.139. The third-order valence-electron chi connectivity index (χ3n) is 6.24. The van der Waals surface area contributed by atoms with Crippen molar-refractivity contribution in [1.29, 1.82) is 5.26 Å². The highest BCUT2D eigenvalue weighted by Crippen LogP contribution is 2.23. The Hall–Kier alpha value is -3.12. The van der Waals surface area contributed by atoms with Gasteiger partial charge in [0.05, 0.1) is 32.0 Å². The molecule has 0 aliphatic carbocycles. The number of nitrogens with zero attached hydrogens (tertiary/aromatic N) is 3. The Balaban J connectivity index is 0.00000145. The van der Waals surface area contributed by atoms with E-state index in [0.29, 0.717) is 11.5 Å². The van der Waals surface area contributed by atoms with Gasteiger partial charge in [0.15, 0.2) is 6.29 Å². The molecular weight excluding hydrogens is 458 g/mol. The van der Waals surface area contributed by atoms with Crippen LogP contribution in [0.3, 0.4) is 0 Å². The standard InChI is InChI=1S/C27H37N3O3.CH2O2/c1-27(2,3)29(4)17-23-19-32-26(33-20-23)14-15-30(24-10-6-21(16-28)7-11-24)18-22-8-12-25(31-5)13-9-22;2-1-3/h6-13,23,26H,14-15,17-20H2,1-5H3;1H,(H,2,3). The molecule has 0 amide bonds. The SMILES string of the molecule is COc1ccc(CN(CCC2OCC(CN(C)C(C)(C)C)CO2)c2ccc(C#N)cc2)cc1.O=CO. The molecule has 0 aromatic heterocycles. The highest BCUT2D eigenvalue weighted by Gasteiger charge is 2.27. The van der Waals surface area contributed by atoms with Gasteiger partial charge in [-0.15, -0.1) is 0 Å². The summed E-state index contributed by atoms with van der Waals surface area (Å²) in [6.45, 7) is 10.4. The van der Waals surface area contributed by atoms with Gasteiger partial charge in [0, 0.05) is 43.2 Å². The van der Waals surface area contributed by atoms with Crippen molar-refractivity contribution in [2.45, 2.75) is 45.6 Å². The van der Waals surface area contributed by atoms with Gasteiger partial charge in [-0.3, -0.25) is 4.79 Å². The average molecular weight is 498 g/mol. The predicted molar refractivity (Wildman–Crippen MR) is 140 cm³/mol. The zero-order valence-electron chi connectivity index (χ0n) is 22.0. The number of carboxylic acid groups (broad SMARTS) is 1. The molecular formula is C28H39N3O5. The molecule has 1 saturated heterocycles. The van der Waals surface area contributed by atoms with Crippen molar-refractivity contribution in [3.63, 3.8) is 0 Å². The van der Waals surface area contributed by atoms with Crippen molar-refractivity contribution < 1.29 is 24.1 Å². The topological polar surface area (TPSA) is 95.3 Å². The van der Waals surface area contributed by atoms with Gasteiger partial charge >= 0.3 is 0 Å². The van der Waals surface area contributed by atoms with E-state index in [9.17, 15) is 0 Å². The Morgan fingerprint density at radius 2 is 1.69 bits per heavy atom. The lowest BCUT2D eigenvalue weighted by atomic mass is 10.0. The quantitative estimate of drug-likeness (QED) is 0.510. The summed E-state index contributed by atoms with van der Waals surface area (Å²) >= 11 is 0. The molecule has 36 heavy (non-hydrogen) atoms. The number of benzene rings is 2. The van der Waals surface area contributed by atoms with Crippen molar-refractivity contribution >= 4 is 12.2 Å². The summed E-state index contributed by atoms with van der Waals surface area (Å²) in [5.74, 6) is 1.23. The van der Waals surface area contributed by atoms with Crippen LogP contribution >= 0.6 is 0 Å². The van der Waals surface area contributed by atoms with E-state index in [4.69, 9.17) is 29.4 Å². The van der Waals surface area contributed by atoms with Crippen LogP contribution in [-0.2, 0) is 20.8 Å². The highest BCUT2D eigenvalue weighted by molar-refractivity contribution is 5.50. The van der Waals surface area contributed by atoms with Crippen LogP contribution in [0.2, 0.25) is 0 Å². The second-order valence-corrected chi connectivity index (χ2v) is 9.84. The molecule has 0 radical (unpaired) electrons. The van der Waals surface area contributed by atoms with Crippen molar-refractivity contribution in [1.82, 2.24) is 4.90 Å². The lowest BCUT2D eigenvalue weighted by molar-refractivity contribution is -0.204. The van der Waals surface area contributed by atoms with E-state index in [1.54, 1.807) is 7.11 Å². The van der Waals surface area contributed by atoms with E-state index in [1.165, 1.54) is 5.56 Å². The summed E-state index contributed by atoms with van der Waals surface area (Å²) in [5.41, 5.74) is 3.06. The molecule has 0 spiro atoms. The van der Waals surface area contributed by atoms with Crippen molar-refractivity contribution in [3.05, 3.63) is 59.7 Å². The molecule has 8 nitrogen and oxygen atoms in total. The molecule has 1 heterocycles. The lowest BCUT2D eigenvalue weighted by Crippen LogP contribution is -2.45. The third-order valence-corrected chi connectivity index (χ3v) is 6.24. The Labute approximate surface area is 215 Å². The maximum Gasteiger partial charge on any atom is 0.290 e. The van der Waals surface area contributed by atoms with E-state index in [0.717, 1.165) is 50.7 Å². The Morgan fingerprint density at radius 3 is 2.19 bits per heavy atom. The number of anilines is 1. The van der Waals surface area contributed by atoms with Crippen molar-refractivity contribution in [2.24, 2.45) is 5.92 Å². The predicted octanol–water partition coefficient (Wildman–Crippen LogP) is 4.38. The number of hydrogen-bond donors (Lipinski definition) is 1. The first-order valence-electron chi connectivity index (χ1n) is 12.1. The Kier molecular flexibility index (Phi) is 11.7.